The van der Waals surface area contributed by atoms with Gasteiger partial charge in [-0.2, -0.15) is 0 Å². The van der Waals surface area contributed by atoms with Crippen molar-refractivity contribution in [3.63, 3.8) is 0 Å². The number of carboxylic acids is 1. The van der Waals surface area contributed by atoms with E-state index in [2.05, 4.69) is 0 Å². The zero-order chi connectivity index (χ0) is 16.2. The lowest BCUT2D eigenvalue weighted by Gasteiger charge is -2.20. The van der Waals surface area contributed by atoms with Gasteiger partial charge >= 0.3 is 11.3 Å². The summed E-state index contributed by atoms with van der Waals surface area (Å²) in [6, 6.07) is 9.68. The van der Waals surface area contributed by atoms with E-state index in [0.717, 1.165) is 17.3 Å². The Morgan fingerprint density at radius 2 is 2.13 bits per heavy atom. The number of hydrogen-bond donors (Lipinski definition) is 1. The summed E-state index contributed by atoms with van der Waals surface area (Å²) >= 11 is 1.12. The van der Waals surface area contributed by atoms with Crippen LogP contribution in [0.5, 0.6) is 0 Å². The molecule has 0 amide bonds. The van der Waals surface area contributed by atoms with Crippen LogP contribution in [0, 0.1) is 0 Å². The third kappa shape index (κ3) is 3.96. The summed E-state index contributed by atoms with van der Waals surface area (Å²) in [6.45, 7) is 0. The monoisotopic (exact) mass is 332 g/mol. The van der Waals surface area contributed by atoms with E-state index in [1.165, 1.54) is 0 Å². The van der Waals surface area contributed by atoms with Crippen LogP contribution in [0.4, 0.5) is 4.79 Å². The third-order valence-corrected chi connectivity index (χ3v) is 4.65. The number of carboxylic acid groups (broad SMARTS) is 1. The van der Waals surface area contributed by atoms with Crippen LogP contribution in [-0.2, 0) is 20.7 Å². The third-order valence-electron chi connectivity index (χ3n) is 3.66. The molecule has 0 spiro atoms. The van der Waals surface area contributed by atoms with E-state index in [1.807, 2.05) is 36.4 Å². The SMILES string of the molecule is O=C1OC2C=C(OC(CCc3ccccc3)C(=O)O)C=CC2S1. The lowest BCUT2D eigenvalue weighted by Crippen LogP contribution is -2.26. The van der Waals surface area contributed by atoms with Crippen molar-refractivity contribution < 1.29 is 24.2 Å². The summed E-state index contributed by atoms with van der Waals surface area (Å²) < 4.78 is 10.7. The topological polar surface area (TPSA) is 72.8 Å². The van der Waals surface area contributed by atoms with Crippen molar-refractivity contribution in [2.45, 2.75) is 30.3 Å². The summed E-state index contributed by atoms with van der Waals surface area (Å²) in [7, 11) is 0. The van der Waals surface area contributed by atoms with E-state index in [0.29, 0.717) is 18.6 Å². The van der Waals surface area contributed by atoms with Crippen LogP contribution in [0.15, 0.2) is 54.3 Å². The Balaban J connectivity index is 1.61. The van der Waals surface area contributed by atoms with Crippen molar-refractivity contribution in [3.05, 3.63) is 59.9 Å². The number of benzene rings is 1. The van der Waals surface area contributed by atoms with Crippen molar-refractivity contribution in [2.24, 2.45) is 0 Å². The van der Waals surface area contributed by atoms with Crippen LogP contribution in [0.2, 0.25) is 0 Å². The molecule has 3 rings (SSSR count). The molecule has 5 nitrogen and oxygen atoms in total. The van der Waals surface area contributed by atoms with Gasteiger partial charge in [0.25, 0.3) is 0 Å². The summed E-state index contributed by atoms with van der Waals surface area (Å²) in [6.07, 6.45) is 4.85. The fourth-order valence-electron chi connectivity index (χ4n) is 2.49. The molecule has 6 heteroatoms. The van der Waals surface area contributed by atoms with E-state index >= 15 is 0 Å². The van der Waals surface area contributed by atoms with Gasteiger partial charge in [0, 0.05) is 0 Å². The fraction of sp³-hybridized carbons (Fsp3) is 0.294. The minimum Gasteiger partial charge on any atom is -0.479 e. The number of allylic oxidation sites excluding steroid dienone is 1. The minimum absolute atomic E-state index is 0.0533. The van der Waals surface area contributed by atoms with Gasteiger partial charge in [-0.15, -0.1) is 0 Å². The second kappa shape index (κ2) is 6.91. The molecule has 0 bridgehead atoms. The Morgan fingerprint density at radius 3 is 2.87 bits per heavy atom. The van der Waals surface area contributed by atoms with E-state index in [4.69, 9.17) is 9.47 Å². The van der Waals surface area contributed by atoms with Crippen LogP contribution in [-0.4, -0.2) is 33.8 Å². The molecule has 1 saturated heterocycles. The molecule has 3 unspecified atom stereocenters. The second-order valence-electron chi connectivity index (χ2n) is 5.31. The number of ether oxygens (including phenoxy) is 2. The first kappa shape index (κ1) is 15.7. The number of carbonyl (C=O) groups is 2. The van der Waals surface area contributed by atoms with Crippen LogP contribution in [0.3, 0.4) is 0 Å². The standard InChI is InChI=1S/C17H16O5S/c18-16(19)13(8-6-11-4-2-1-3-5-11)21-12-7-9-15-14(10-12)22-17(20)23-15/h1-5,7,9-10,13-15H,6,8H2,(H,18,19). The molecule has 0 radical (unpaired) electrons. The van der Waals surface area contributed by atoms with Gasteiger partial charge in [0.15, 0.2) is 6.10 Å². The molecule has 2 aliphatic rings. The van der Waals surface area contributed by atoms with Crippen LogP contribution >= 0.6 is 11.8 Å². The van der Waals surface area contributed by atoms with E-state index in [-0.39, 0.29) is 16.7 Å². The lowest BCUT2D eigenvalue weighted by atomic mass is 10.1. The van der Waals surface area contributed by atoms with Crippen LogP contribution in [0.25, 0.3) is 0 Å². The Hall–Kier alpha value is -2.21. The lowest BCUT2D eigenvalue weighted by molar-refractivity contribution is -0.147. The van der Waals surface area contributed by atoms with Gasteiger partial charge in [-0.05, 0) is 42.3 Å². The quantitative estimate of drug-likeness (QED) is 0.807. The molecule has 120 valence electrons. The van der Waals surface area contributed by atoms with Gasteiger partial charge in [0.2, 0.25) is 0 Å². The van der Waals surface area contributed by atoms with E-state index < -0.39 is 12.1 Å². The molecule has 1 aliphatic carbocycles. The highest BCUT2D eigenvalue weighted by molar-refractivity contribution is 8.14. The number of hydrogen-bond acceptors (Lipinski definition) is 5. The van der Waals surface area contributed by atoms with Crippen molar-refractivity contribution in [1.29, 1.82) is 0 Å². The average molecular weight is 332 g/mol. The molecular formula is C17H16O5S. The zero-order valence-electron chi connectivity index (χ0n) is 12.3. The van der Waals surface area contributed by atoms with Crippen LogP contribution < -0.4 is 0 Å². The first-order chi connectivity index (χ1) is 11.1. The molecule has 23 heavy (non-hydrogen) atoms. The number of aryl methyl sites for hydroxylation is 1. The Labute approximate surface area is 138 Å². The molecule has 0 saturated carbocycles. The van der Waals surface area contributed by atoms with E-state index in [9.17, 15) is 14.7 Å². The summed E-state index contributed by atoms with van der Waals surface area (Å²) in [5.74, 6) is -0.572. The number of thioether (sulfide) groups is 1. The van der Waals surface area contributed by atoms with Crippen molar-refractivity contribution in [3.8, 4) is 0 Å². The number of rotatable bonds is 6. The summed E-state index contributed by atoms with van der Waals surface area (Å²) in [5, 5.41) is 8.97. The molecule has 1 aromatic rings. The first-order valence-corrected chi connectivity index (χ1v) is 8.20. The zero-order valence-corrected chi connectivity index (χ0v) is 13.1. The maximum atomic E-state index is 11.4. The van der Waals surface area contributed by atoms with Crippen LogP contribution in [0.1, 0.15) is 12.0 Å². The Morgan fingerprint density at radius 1 is 1.35 bits per heavy atom. The highest BCUT2D eigenvalue weighted by atomic mass is 32.2. The van der Waals surface area contributed by atoms with Gasteiger partial charge < -0.3 is 14.6 Å². The Kier molecular flexibility index (Phi) is 4.71. The van der Waals surface area contributed by atoms with Crippen molar-refractivity contribution in [2.75, 3.05) is 0 Å². The van der Waals surface area contributed by atoms with Crippen molar-refractivity contribution in [1.82, 2.24) is 0 Å². The maximum absolute atomic E-state index is 11.4. The molecule has 1 heterocycles. The van der Waals surface area contributed by atoms with Gasteiger partial charge in [0.1, 0.15) is 11.9 Å². The normalized spacial score (nSPS) is 23.7. The highest BCUT2D eigenvalue weighted by Gasteiger charge is 2.35. The molecule has 1 N–H and O–H groups in total. The van der Waals surface area contributed by atoms with Crippen molar-refractivity contribution >= 4 is 23.0 Å². The Bertz CT molecular complexity index is 652. The first-order valence-electron chi connectivity index (χ1n) is 7.32. The fourth-order valence-corrected chi connectivity index (χ4v) is 3.30. The van der Waals surface area contributed by atoms with Gasteiger partial charge in [-0.25, -0.2) is 9.59 Å². The largest absolute Gasteiger partial charge is 0.479 e. The smallest absolute Gasteiger partial charge is 0.368 e. The van der Waals surface area contributed by atoms with E-state index in [1.54, 1.807) is 12.2 Å². The molecule has 3 atom stereocenters. The molecule has 1 aliphatic heterocycles. The molecule has 1 fully saturated rings. The number of carbonyl (C=O) groups excluding carboxylic acids is 1. The number of aliphatic carboxylic acids is 1. The highest BCUT2D eigenvalue weighted by Crippen LogP contribution is 2.34. The summed E-state index contributed by atoms with van der Waals surface area (Å²) in [5.41, 5.74) is 1.07. The number of fused-ring (bicyclic) bond motifs is 1. The molecular weight excluding hydrogens is 316 g/mol. The molecule has 1 aromatic carbocycles. The minimum atomic E-state index is -1.00. The molecule has 0 aromatic heterocycles. The van der Waals surface area contributed by atoms with Gasteiger partial charge in [0.05, 0.1) is 5.25 Å². The average Bonchev–Trinajstić information content (AvgIpc) is 2.91. The van der Waals surface area contributed by atoms with Gasteiger partial charge in [-0.3, -0.25) is 0 Å². The predicted molar refractivity (Wildman–Crippen MR) is 86.1 cm³/mol. The summed E-state index contributed by atoms with van der Waals surface area (Å²) in [4.78, 5) is 22.7. The van der Waals surface area contributed by atoms with Gasteiger partial charge in [-0.1, -0.05) is 36.4 Å². The maximum Gasteiger partial charge on any atom is 0.368 e. The predicted octanol–water partition coefficient (Wildman–Crippen LogP) is 3.16. The second-order valence-corrected chi connectivity index (χ2v) is 6.43.